The maximum atomic E-state index is 11.5. The molecule has 0 atom stereocenters. The highest BCUT2D eigenvalue weighted by Crippen LogP contribution is 2.46. The minimum Gasteiger partial charge on any atom is -0.489 e. The molecule has 10 heteroatoms. The Kier molecular flexibility index (Phi) is 7.40. The SMILES string of the molecule is Cc1cccc(Cl)c1-c1noc(C2CC2)c1COc1ccc(C2(O)CCN(c3ccc(C(=O)O)cn3)CC2)c(Cl)c1. The van der Waals surface area contributed by atoms with E-state index >= 15 is 0 Å². The molecule has 2 aromatic carbocycles. The molecule has 1 aliphatic heterocycles. The van der Waals surface area contributed by atoms with E-state index in [1.165, 1.54) is 12.3 Å². The fourth-order valence-corrected chi connectivity index (χ4v) is 6.11. The first-order valence-corrected chi connectivity index (χ1v) is 14.3. The molecule has 0 spiro atoms. The maximum absolute atomic E-state index is 11.5. The molecule has 1 saturated heterocycles. The number of hydrogen-bond acceptors (Lipinski definition) is 7. The molecule has 2 aromatic heterocycles. The monoisotopic (exact) mass is 593 g/mol. The molecule has 1 saturated carbocycles. The standard InChI is InChI=1S/C31H29Cl2N3O5/c1-18-3-2-4-24(32)27(18)28-22(29(41-35-28)19-5-6-19)17-40-21-8-9-23(25(33)15-21)31(39)11-13-36(14-12-31)26-10-7-20(16-34-26)30(37)38/h2-4,7-10,15-16,19,39H,5-6,11-14,17H2,1H3,(H,37,38). The molecule has 0 bridgehead atoms. The van der Waals surface area contributed by atoms with Gasteiger partial charge < -0.3 is 24.4 Å². The van der Waals surface area contributed by atoms with Crippen molar-refractivity contribution in [2.24, 2.45) is 0 Å². The van der Waals surface area contributed by atoms with Crippen LogP contribution in [0.25, 0.3) is 11.3 Å². The second kappa shape index (κ2) is 11.0. The van der Waals surface area contributed by atoms with Crippen LogP contribution in [-0.4, -0.2) is 39.4 Å². The van der Waals surface area contributed by atoms with E-state index in [1.807, 2.05) is 42.2 Å². The van der Waals surface area contributed by atoms with Crippen molar-refractivity contribution >= 4 is 35.0 Å². The molecule has 2 aliphatic rings. The average molecular weight is 594 g/mol. The van der Waals surface area contributed by atoms with Gasteiger partial charge in [-0.1, -0.05) is 46.6 Å². The lowest BCUT2D eigenvalue weighted by Crippen LogP contribution is -2.43. The van der Waals surface area contributed by atoms with E-state index in [2.05, 4.69) is 10.1 Å². The largest absolute Gasteiger partial charge is 0.489 e. The number of hydrogen-bond donors (Lipinski definition) is 2. The summed E-state index contributed by atoms with van der Waals surface area (Å²) in [6, 6.07) is 14.4. The summed E-state index contributed by atoms with van der Waals surface area (Å²) in [5.74, 6) is 1.43. The summed E-state index contributed by atoms with van der Waals surface area (Å²) in [5, 5.41) is 26.0. The summed E-state index contributed by atoms with van der Waals surface area (Å²) in [4.78, 5) is 17.4. The lowest BCUT2D eigenvalue weighted by Gasteiger charge is -2.39. The zero-order chi connectivity index (χ0) is 28.7. The summed E-state index contributed by atoms with van der Waals surface area (Å²) < 4.78 is 12.0. The van der Waals surface area contributed by atoms with Crippen LogP contribution >= 0.6 is 23.2 Å². The lowest BCUT2D eigenvalue weighted by atomic mass is 9.84. The number of nitrogens with zero attached hydrogens (tertiary/aromatic N) is 3. The molecular weight excluding hydrogens is 565 g/mol. The van der Waals surface area contributed by atoms with Gasteiger partial charge in [0, 0.05) is 36.3 Å². The minimum absolute atomic E-state index is 0.138. The van der Waals surface area contributed by atoms with Crippen LogP contribution in [0.15, 0.2) is 59.3 Å². The van der Waals surface area contributed by atoms with Gasteiger partial charge in [-0.2, -0.15) is 0 Å². The van der Waals surface area contributed by atoms with Crippen LogP contribution in [0.3, 0.4) is 0 Å². The van der Waals surface area contributed by atoms with Crippen LogP contribution in [0.4, 0.5) is 5.82 Å². The topological polar surface area (TPSA) is 109 Å². The van der Waals surface area contributed by atoms with Crippen molar-refractivity contribution in [1.29, 1.82) is 0 Å². The molecule has 2 fully saturated rings. The Morgan fingerprint density at radius 2 is 1.90 bits per heavy atom. The van der Waals surface area contributed by atoms with Gasteiger partial charge >= 0.3 is 5.97 Å². The maximum Gasteiger partial charge on any atom is 0.337 e. The molecule has 0 unspecified atom stereocenters. The number of pyridine rings is 1. The van der Waals surface area contributed by atoms with Crippen LogP contribution < -0.4 is 9.64 Å². The van der Waals surface area contributed by atoms with Crippen molar-refractivity contribution in [3.63, 3.8) is 0 Å². The van der Waals surface area contributed by atoms with Gasteiger partial charge in [0.25, 0.3) is 0 Å². The first kappa shape index (κ1) is 27.6. The van der Waals surface area contributed by atoms with Crippen molar-refractivity contribution in [2.75, 3.05) is 18.0 Å². The number of aryl methyl sites for hydroxylation is 1. The fraction of sp³-hybridized carbons (Fsp3) is 0.323. The molecule has 212 valence electrons. The summed E-state index contributed by atoms with van der Waals surface area (Å²) >= 11 is 13.3. The summed E-state index contributed by atoms with van der Waals surface area (Å²) in [6.45, 7) is 3.34. The van der Waals surface area contributed by atoms with Gasteiger partial charge in [-0.15, -0.1) is 0 Å². The first-order valence-electron chi connectivity index (χ1n) is 13.6. The number of benzene rings is 2. The number of carbonyl (C=O) groups is 1. The van der Waals surface area contributed by atoms with E-state index in [1.54, 1.807) is 12.1 Å². The second-order valence-corrected chi connectivity index (χ2v) is 11.6. The highest BCUT2D eigenvalue weighted by atomic mass is 35.5. The van der Waals surface area contributed by atoms with E-state index in [4.69, 9.17) is 37.6 Å². The number of rotatable bonds is 8. The Morgan fingerprint density at radius 3 is 2.54 bits per heavy atom. The zero-order valence-electron chi connectivity index (χ0n) is 22.4. The summed E-state index contributed by atoms with van der Waals surface area (Å²) in [5.41, 5.74) is 3.13. The van der Waals surface area contributed by atoms with Gasteiger partial charge in [-0.25, -0.2) is 9.78 Å². The third-order valence-electron chi connectivity index (χ3n) is 7.96. The minimum atomic E-state index is -1.10. The third-order valence-corrected chi connectivity index (χ3v) is 8.59. The molecule has 3 heterocycles. The molecule has 0 amide bonds. The third kappa shape index (κ3) is 5.52. The Hall–Kier alpha value is -3.59. The van der Waals surface area contributed by atoms with Crippen molar-refractivity contribution in [1.82, 2.24) is 10.1 Å². The lowest BCUT2D eigenvalue weighted by molar-refractivity contribution is 0.0117. The Bertz CT molecular complexity index is 1570. The fourth-order valence-electron chi connectivity index (χ4n) is 5.45. The van der Waals surface area contributed by atoms with E-state index in [9.17, 15) is 9.90 Å². The smallest absolute Gasteiger partial charge is 0.337 e. The molecular formula is C31H29Cl2N3O5. The number of carboxylic acid groups (broad SMARTS) is 1. The van der Waals surface area contributed by atoms with E-state index < -0.39 is 11.6 Å². The predicted molar refractivity (Wildman–Crippen MR) is 156 cm³/mol. The predicted octanol–water partition coefficient (Wildman–Crippen LogP) is 6.99. The Balaban J connectivity index is 1.16. The first-order chi connectivity index (χ1) is 19.7. The highest BCUT2D eigenvalue weighted by Gasteiger charge is 2.37. The number of aromatic nitrogens is 2. The van der Waals surface area contributed by atoms with Crippen LogP contribution in [-0.2, 0) is 12.2 Å². The van der Waals surface area contributed by atoms with E-state index in [-0.39, 0.29) is 12.2 Å². The van der Waals surface area contributed by atoms with Gasteiger partial charge in [0.15, 0.2) is 0 Å². The number of piperidine rings is 1. The molecule has 2 N–H and O–H groups in total. The van der Waals surface area contributed by atoms with Crippen molar-refractivity contribution < 1.29 is 24.3 Å². The van der Waals surface area contributed by atoms with Crippen LogP contribution in [0.2, 0.25) is 10.0 Å². The normalized spacial score (nSPS) is 16.5. The molecule has 6 rings (SSSR count). The van der Waals surface area contributed by atoms with Gasteiger partial charge in [0.1, 0.15) is 29.6 Å². The Morgan fingerprint density at radius 1 is 1.12 bits per heavy atom. The molecule has 1 aliphatic carbocycles. The average Bonchev–Trinajstić information content (AvgIpc) is 3.72. The van der Waals surface area contributed by atoms with Crippen LogP contribution in [0.5, 0.6) is 5.75 Å². The van der Waals surface area contributed by atoms with Gasteiger partial charge in [0.2, 0.25) is 0 Å². The molecule has 41 heavy (non-hydrogen) atoms. The molecule has 8 nitrogen and oxygen atoms in total. The Labute approximate surface area is 247 Å². The number of halogens is 2. The van der Waals surface area contributed by atoms with Gasteiger partial charge in [-0.3, -0.25) is 0 Å². The number of aromatic carboxylic acids is 1. The van der Waals surface area contributed by atoms with Crippen molar-refractivity contribution in [3.8, 4) is 17.0 Å². The number of aliphatic hydroxyl groups is 1. The molecule has 4 aromatic rings. The van der Waals surface area contributed by atoms with Crippen LogP contribution in [0.1, 0.15) is 64.4 Å². The summed E-state index contributed by atoms with van der Waals surface area (Å²) in [6.07, 6.45) is 4.36. The quantitative estimate of drug-likeness (QED) is 0.225. The summed E-state index contributed by atoms with van der Waals surface area (Å²) in [7, 11) is 0. The number of ether oxygens (including phenoxy) is 1. The van der Waals surface area contributed by atoms with Gasteiger partial charge in [0.05, 0.1) is 26.8 Å². The zero-order valence-corrected chi connectivity index (χ0v) is 24.0. The van der Waals surface area contributed by atoms with E-state index in [0.29, 0.717) is 64.7 Å². The van der Waals surface area contributed by atoms with Gasteiger partial charge in [-0.05, 0) is 68.5 Å². The number of anilines is 1. The highest BCUT2D eigenvalue weighted by molar-refractivity contribution is 6.33. The number of carboxylic acids is 1. The van der Waals surface area contributed by atoms with Crippen molar-refractivity contribution in [3.05, 3.63) is 92.8 Å². The molecule has 0 radical (unpaired) electrons. The van der Waals surface area contributed by atoms with Crippen LogP contribution in [0, 0.1) is 6.92 Å². The van der Waals surface area contributed by atoms with Crippen molar-refractivity contribution in [2.45, 2.75) is 50.7 Å². The second-order valence-electron chi connectivity index (χ2n) is 10.7. The van der Waals surface area contributed by atoms with E-state index in [0.717, 1.165) is 35.3 Å².